The van der Waals surface area contributed by atoms with Gasteiger partial charge in [-0.15, -0.1) is 0 Å². The molecule has 2 heterocycles. The summed E-state index contributed by atoms with van der Waals surface area (Å²) in [6, 6.07) is 28.8. The van der Waals surface area contributed by atoms with Gasteiger partial charge in [-0.1, -0.05) is 84.0 Å². The molecule has 3 aromatic carbocycles. The van der Waals surface area contributed by atoms with Crippen molar-refractivity contribution in [2.75, 3.05) is 5.01 Å². The summed E-state index contributed by atoms with van der Waals surface area (Å²) in [5, 5.41) is 10.8. The van der Waals surface area contributed by atoms with Crippen molar-refractivity contribution in [3.05, 3.63) is 102 Å². The number of carbonyl (C=O) groups is 1. The smallest absolute Gasteiger partial charge is 0.316 e. The van der Waals surface area contributed by atoms with Crippen LogP contribution in [0.25, 0.3) is 0 Å². The Morgan fingerprint density at radius 1 is 0.862 bits per heavy atom. The second-order valence-electron chi connectivity index (χ2n) is 6.88. The summed E-state index contributed by atoms with van der Waals surface area (Å²) in [6.07, 6.45) is 0. The number of hydrazone groups is 1. The van der Waals surface area contributed by atoms with Crippen molar-refractivity contribution in [2.24, 2.45) is 15.7 Å². The van der Waals surface area contributed by atoms with Crippen molar-refractivity contribution in [2.45, 2.75) is 6.04 Å². The zero-order valence-corrected chi connectivity index (χ0v) is 16.9. The van der Waals surface area contributed by atoms with Gasteiger partial charge in [-0.05, 0) is 33.6 Å². The van der Waals surface area contributed by atoms with Crippen molar-refractivity contribution in [3.8, 4) is 0 Å². The predicted molar refractivity (Wildman–Crippen MR) is 116 cm³/mol. The summed E-state index contributed by atoms with van der Waals surface area (Å²) >= 11 is 3.60. The minimum Gasteiger partial charge on any atom is -0.316 e. The van der Waals surface area contributed by atoms with Crippen molar-refractivity contribution < 1.29 is 9.63 Å². The molecule has 2 aliphatic rings. The van der Waals surface area contributed by atoms with Crippen LogP contribution in [-0.4, -0.2) is 16.3 Å². The molecule has 3 aromatic rings. The minimum atomic E-state index is -1.20. The predicted octanol–water partition coefficient (Wildman–Crippen LogP) is 4.90. The summed E-state index contributed by atoms with van der Waals surface area (Å²) in [4.78, 5) is 18.6. The molecule has 0 radical (unpaired) electrons. The fourth-order valence-electron chi connectivity index (χ4n) is 3.97. The van der Waals surface area contributed by atoms with Crippen LogP contribution in [0.1, 0.15) is 17.2 Å². The highest BCUT2D eigenvalue weighted by molar-refractivity contribution is 9.18. The van der Waals surface area contributed by atoms with Crippen molar-refractivity contribution in [1.29, 1.82) is 0 Å². The lowest BCUT2D eigenvalue weighted by Gasteiger charge is -2.33. The average Bonchev–Trinajstić information content (AvgIpc) is 3.28. The Morgan fingerprint density at radius 2 is 1.45 bits per heavy atom. The number of benzene rings is 3. The highest BCUT2D eigenvalue weighted by Crippen LogP contribution is 2.53. The Morgan fingerprint density at radius 3 is 2.10 bits per heavy atom. The Bertz CT molecular complexity index is 1120. The fraction of sp³-hybridized carbons (Fsp3) is 0.0870. The maximum atomic E-state index is 13.3. The maximum absolute atomic E-state index is 13.3. The summed E-state index contributed by atoms with van der Waals surface area (Å²) in [5.74, 6) is -0.445. The van der Waals surface area contributed by atoms with E-state index < -0.39 is 17.4 Å². The molecule has 0 aliphatic carbocycles. The van der Waals surface area contributed by atoms with Crippen LogP contribution in [0.15, 0.2) is 101 Å². The van der Waals surface area contributed by atoms with Gasteiger partial charge in [0.25, 0.3) is 0 Å². The van der Waals surface area contributed by atoms with Gasteiger partial charge in [0.1, 0.15) is 16.4 Å². The van der Waals surface area contributed by atoms with E-state index >= 15 is 0 Å². The number of hydrogen-bond acceptors (Lipinski definition) is 5. The van der Waals surface area contributed by atoms with E-state index in [0.29, 0.717) is 10.3 Å². The standard InChI is InChI=1S/C23H16BrN3O2/c24-21-23(19(26-29-22(23)28)16-10-4-1-5-11-16)20(17-12-6-2-7-13-17)27(25-21)18-14-8-3-9-15-18/h1-15,20H. The number of rotatable bonds is 3. The first-order valence-corrected chi connectivity index (χ1v) is 10.0. The third-order valence-electron chi connectivity index (χ3n) is 5.27. The van der Waals surface area contributed by atoms with E-state index in [1.807, 2.05) is 96.0 Å². The van der Waals surface area contributed by atoms with Gasteiger partial charge in [0.2, 0.25) is 0 Å². The van der Waals surface area contributed by atoms with E-state index in [0.717, 1.165) is 16.8 Å². The molecule has 5 rings (SSSR count). The first-order valence-electron chi connectivity index (χ1n) is 9.22. The van der Waals surface area contributed by atoms with Gasteiger partial charge in [-0.2, -0.15) is 5.10 Å². The van der Waals surface area contributed by atoms with Crippen LogP contribution < -0.4 is 5.01 Å². The van der Waals surface area contributed by atoms with E-state index in [4.69, 9.17) is 9.94 Å². The number of para-hydroxylation sites is 1. The van der Waals surface area contributed by atoms with Gasteiger partial charge in [-0.3, -0.25) is 5.01 Å². The highest BCUT2D eigenvalue weighted by atomic mass is 79.9. The quantitative estimate of drug-likeness (QED) is 0.538. The van der Waals surface area contributed by atoms with Gasteiger partial charge < -0.3 is 4.84 Å². The summed E-state index contributed by atoms with van der Waals surface area (Å²) in [5.41, 5.74) is 1.99. The Balaban J connectivity index is 1.75. The molecular weight excluding hydrogens is 430 g/mol. The molecule has 2 aliphatic heterocycles. The van der Waals surface area contributed by atoms with Crippen LogP contribution in [0.5, 0.6) is 0 Å². The van der Waals surface area contributed by atoms with Gasteiger partial charge in [0.15, 0.2) is 5.41 Å². The van der Waals surface area contributed by atoms with E-state index in [2.05, 4.69) is 21.1 Å². The zero-order chi connectivity index (χ0) is 19.8. The molecule has 0 saturated heterocycles. The number of oxime groups is 1. The molecule has 5 nitrogen and oxygen atoms in total. The summed E-state index contributed by atoms with van der Waals surface area (Å²) < 4.78 is 0.479. The van der Waals surface area contributed by atoms with E-state index in [1.54, 1.807) is 0 Å². The molecule has 0 N–H and O–H groups in total. The Labute approximate surface area is 176 Å². The largest absolute Gasteiger partial charge is 0.356 e. The van der Waals surface area contributed by atoms with E-state index in [1.165, 1.54) is 0 Å². The van der Waals surface area contributed by atoms with Gasteiger partial charge in [0.05, 0.1) is 5.69 Å². The molecular formula is C23H16BrN3O2. The van der Waals surface area contributed by atoms with Crippen LogP contribution in [0.3, 0.4) is 0 Å². The number of anilines is 1. The minimum absolute atomic E-state index is 0.445. The molecule has 2 unspecified atom stereocenters. The highest BCUT2D eigenvalue weighted by Gasteiger charge is 2.65. The molecule has 1 spiro atoms. The van der Waals surface area contributed by atoms with Gasteiger partial charge in [0, 0.05) is 5.56 Å². The number of carbonyl (C=O) groups excluding carboxylic acids is 1. The number of halogens is 1. The third kappa shape index (κ3) is 2.63. The third-order valence-corrected chi connectivity index (χ3v) is 6.06. The van der Waals surface area contributed by atoms with Gasteiger partial charge >= 0.3 is 5.97 Å². The lowest BCUT2D eigenvalue weighted by Crippen LogP contribution is -2.46. The lowest BCUT2D eigenvalue weighted by atomic mass is 9.72. The Hall–Kier alpha value is -3.25. The first-order chi connectivity index (χ1) is 14.2. The second-order valence-corrected chi connectivity index (χ2v) is 7.63. The molecule has 0 bridgehead atoms. The number of hydrogen-bond donors (Lipinski definition) is 0. The van der Waals surface area contributed by atoms with Crippen molar-refractivity contribution in [1.82, 2.24) is 0 Å². The maximum Gasteiger partial charge on any atom is 0.356 e. The van der Waals surface area contributed by atoms with Gasteiger partial charge in [-0.25, -0.2) is 4.79 Å². The zero-order valence-electron chi connectivity index (χ0n) is 15.3. The topological polar surface area (TPSA) is 54.3 Å². The van der Waals surface area contributed by atoms with Crippen LogP contribution in [0.2, 0.25) is 0 Å². The van der Waals surface area contributed by atoms with Crippen LogP contribution in [-0.2, 0) is 9.63 Å². The molecule has 2 atom stereocenters. The molecule has 0 fully saturated rings. The van der Waals surface area contributed by atoms with Crippen molar-refractivity contribution >= 4 is 37.9 Å². The average molecular weight is 446 g/mol. The van der Waals surface area contributed by atoms with E-state index in [-0.39, 0.29) is 0 Å². The monoisotopic (exact) mass is 445 g/mol. The molecule has 142 valence electrons. The molecule has 6 heteroatoms. The van der Waals surface area contributed by atoms with Crippen LogP contribution in [0, 0.1) is 5.41 Å². The lowest BCUT2D eigenvalue weighted by molar-refractivity contribution is -0.145. The van der Waals surface area contributed by atoms with Crippen molar-refractivity contribution in [3.63, 3.8) is 0 Å². The SMILES string of the molecule is O=C1ON=C(c2ccccc2)C12C(Br)=NN(c1ccccc1)C2c1ccccc1. The second kappa shape index (κ2) is 6.97. The Kier molecular flexibility index (Phi) is 4.28. The normalized spacial score (nSPS) is 23.1. The van der Waals surface area contributed by atoms with Crippen LogP contribution in [0.4, 0.5) is 5.69 Å². The molecule has 0 saturated carbocycles. The number of nitrogens with zero attached hydrogens (tertiary/aromatic N) is 3. The van der Waals surface area contributed by atoms with Crippen LogP contribution >= 0.6 is 15.9 Å². The molecule has 0 aromatic heterocycles. The molecule has 0 amide bonds. The first kappa shape index (κ1) is 17.8. The van der Waals surface area contributed by atoms with E-state index in [9.17, 15) is 4.79 Å². The summed E-state index contributed by atoms with van der Waals surface area (Å²) in [7, 11) is 0. The summed E-state index contributed by atoms with van der Waals surface area (Å²) in [6.45, 7) is 0. The fourth-order valence-corrected chi connectivity index (χ4v) is 4.71. The molecule has 29 heavy (non-hydrogen) atoms.